The largest absolute Gasteiger partial charge is 0.482 e. The van der Waals surface area contributed by atoms with Crippen molar-refractivity contribution >= 4 is 17.7 Å². The number of ether oxygens (including phenoxy) is 3. The number of benzene rings is 1. The van der Waals surface area contributed by atoms with Gasteiger partial charge in [-0.1, -0.05) is 56.2 Å². The van der Waals surface area contributed by atoms with Crippen LogP contribution in [-0.2, 0) is 23.9 Å². The molecule has 0 amide bonds. The summed E-state index contributed by atoms with van der Waals surface area (Å²) in [5.74, 6) is -1.47. The highest BCUT2D eigenvalue weighted by atomic mass is 16.6. The van der Waals surface area contributed by atoms with Crippen molar-refractivity contribution in [3.05, 3.63) is 53.6 Å². The third kappa shape index (κ3) is 5.15. The molecule has 0 unspecified atom stereocenters. The number of rotatable bonds is 8. The smallest absolute Gasteiger partial charge is 0.344 e. The second kappa shape index (κ2) is 11.7. The molecule has 3 fully saturated rings. The van der Waals surface area contributed by atoms with Crippen LogP contribution < -0.4 is 4.74 Å². The van der Waals surface area contributed by atoms with Gasteiger partial charge in [-0.05, 0) is 82.8 Å². The standard InChI is InChI=1S/C36H48O9/c1-22(2)23(3)18-30(38)45-29-20-28-32(5)14-13-27(44-31(39)21-43-26-10-8-7-9-11-26)19-25(32)12-15-35(28,41)36(42)17-16-34(40,24(4)37)33(29,36)6/h7-12,18,22,27-29,40-42H,13-17,19-21H2,1-6H3/b23-18+/t27-,28+,29+,32-,33+,34+,35-,36+/m0/s1. The Kier molecular flexibility index (Phi) is 8.64. The Hall–Kier alpha value is -3.01. The summed E-state index contributed by atoms with van der Waals surface area (Å²) in [7, 11) is 0. The number of fused-ring (bicyclic) bond motifs is 5. The van der Waals surface area contributed by atoms with Gasteiger partial charge in [-0.15, -0.1) is 0 Å². The number of carbonyl (C=O) groups excluding carboxylic acids is 3. The van der Waals surface area contributed by atoms with E-state index in [0.717, 1.165) is 11.1 Å². The molecule has 3 saturated carbocycles. The van der Waals surface area contributed by atoms with Crippen molar-refractivity contribution in [2.75, 3.05) is 6.61 Å². The maximum Gasteiger partial charge on any atom is 0.344 e. The van der Waals surface area contributed by atoms with Gasteiger partial charge in [0.1, 0.15) is 34.8 Å². The molecule has 0 spiro atoms. The Morgan fingerprint density at radius 1 is 1.00 bits per heavy atom. The van der Waals surface area contributed by atoms with Crippen LogP contribution in [0.1, 0.15) is 86.5 Å². The summed E-state index contributed by atoms with van der Waals surface area (Å²) >= 11 is 0. The number of hydrogen-bond acceptors (Lipinski definition) is 9. The van der Waals surface area contributed by atoms with Crippen molar-refractivity contribution in [3.8, 4) is 5.75 Å². The minimum absolute atomic E-state index is 0.0254. The molecule has 1 aromatic carbocycles. The number of aliphatic hydroxyl groups is 3. The molecular formula is C36H48O9. The van der Waals surface area contributed by atoms with Crippen LogP contribution in [0.3, 0.4) is 0 Å². The predicted octanol–water partition coefficient (Wildman–Crippen LogP) is 4.61. The number of carbonyl (C=O) groups is 3. The molecule has 5 rings (SSSR count). The quantitative estimate of drug-likeness (QED) is 0.215. The van der Waals surface area contributed by atoms with Gasteiger partial charge in [0.05, 0.1) is 5.41 Å². The Labute approximate surface area is 265 Å². The molecule has 3 N–H and O–H groups in total. The molecule has 9 nitrogen and oxygen atoms in total. The van der Waals surface area contributed by atoms with E-state index in [1.54, 1.807) is 19.1 Å². The normalized spacial score (nSPS) is 39.2. The Bertz CT molecular complexity index is 1400. The predicted molar refractivity (Wildman–Crippen MR) is 166 cm³/mol. The van der Waals surface area contributed by atoms with E-state index in [-0.39, 0.29) is 44.3 Å². The summed E-state index contributed by atoms with van der Waals surface area (Å²) in [4.78, 5) is 38.9. The van der Waals surface area contributed by atoms with Gasteiger partial charge in [0.2, 0.25) is 0 Å². The molecule has 0 saturated heterocycles. The maximum absolute atomic E-state index is 13.3. The molecule has 8 atom stereocenters. The molecule has 0 radical (unpaired) electrons. The SMILES string of the molecule is CC(=O)[C@]1(O)CC[C@@]2(O)[C@]1(C)[C@H](OC(=O)/C=C(\C)C(C)C)C[C@@H]1[C@@]3(C)CC[C@H](OC(=O)COc4ccccc4)CC3=CC[C@]12O. The van der Waals surface area contributed by atoms with Gasteiger partial charge in [0.15, 0.2) is 12.4 Å². The first kappa shape index (κ1) is 33.4. The number of hydrogen-bond donors (Lipinski definition) is 3. The third-order valence-electron chi connectivity index (χ3n) is 12.0. The minimum atomic E-state index is -2.00. The second-order valence-electron chi connectivity index (χ2n) is 14.5. The van der Waals surface area contributed by atoms with Crippen molar-refractivity contribution in [2.45, 2.75) is 115 Å². The molecule has 0 aliphatic heterocycles. The molecule has 0 aromatic heterocycles. The van der Waals surface area contributed by atoms with Crippen LogP contribution in [0.25, 0.3) is 0 Å². The van der Waals surface area contributed by atoms with Gasteiger partial charge in [0.25, 0.3) is 0 Å². The summed E-state index contributed by atoms with van der Waals surface area (Å²) in [6.07, 6.45) is 3.65. The molecule has 9 heteroatoms. The van der Waals surface area contributed by atoms with Crippen molar-refractivity contribution in [1.82, 2.24) is 0 Å². The van der Waals surface area contributed by atoms with E-state index in [1.807, 2.05) is 52.0 Å². The van der Waals surface area contributed by atoms with Crippen molar-refractivity contribution < 1.29 is 43.9 Å². The van der Waals surface area contributed by atoms with E-state index >= 15 is 0 Å². The maximum atomic E-state index is 13.3. The fourth-order valence-electron chi connectivity index (χ4n) is 8.86. The van der Waals surface area contributed by atoms with Crippen LogP contribution in [0.15, 0.2) is 53.6 Å². The first-order chi connectivity index (χ1) is 21.0. The molecule has 4 aliphatic carbocycles. The summed E-state index contributed by atoms with van der Waals surface area (Å²) in [5.41, 5.74) is -6.05. The lowest BCUT2D eigenvalue weighted by atomic mass is 9.42. The summed E-state index contributed by atoms with van der Waals surface area (Å²) in [6, 6.07) is 9.05. The van der Waals surface area contributed by atoms with Crippen LogP contribution in [0.5, 0.6) is 5.75 Å². The van der Waals surface area contributed by atoms with Gasteiger partial charge in [-0.25, -0.2) is 9.59 Å². The minimum Gasteiger partial charge on any atom is -0.482 e. The molecule has 246 valence electrons. The van der Waals surface area contributed by atoms with Crippen LogP contribution in [0.4, 0.5) is 0 Å². The highest BCUT2D eigenvalue weighted by molar-refractivity contribution is 5.87. The summed E-state index contributed by atoms with van der Waals surface area (Å²) < 4.78 is 17.4. The monoisotopic (exact) mass is 624 g/mol. The van der Waals surface area contributed by atoms with Gasteiger partial charge < -0.3 is 29.5 Å². The van der Waals surface area contributed by atoms with Gasteiger partial charge in [-0.2, -0.15) is 0 Å². The lowest BCUT2D eigenvalue weighted by Crippen LogP contribution is -2.78. The van der Waals surface area contributed by atoms with Crippen molar-refractivity contribution in [1.29, 1.82) is 0 Å². The Balaban J connectivity index is 1.43. The molecule has 1 aromatic rings. The van der Waals surface area contributed by atoms with E-state index in [1.165, 1.54) is 13.0 Å². The number of Topliss-reactive ketones (excluding diaryl/α,β-unsaturated/α-hetero) is 1. The summed E-state index contributed by atoms with van der Waals surface area (Å²) in [6.45, 7) is 10.5. The zero-order valence-electron chi connectivity index (χ0n) is 27.3. The van der Waals surface area contributed by atoms with Crippen molar-refractivity contribution in [3.63, 3.8) is 0 Å². The summed E-state index contributed by atoms with van der Waals surface area (Å²) in [5, 5.41) is 37.1. The lowest BCUT2D eigenvalue weighted by Gasteiger charge is -2.67. The topological polar surface area (TPSA) is 140 Å². The van der Waals surface area contributed by atoms with Crippen molar-refractivity contribution in [2.24, 2.45) is 22.7 Å². The first-order valence-electron chi connectivity index (χ1n) is 16.2. The number of ketones is 1. The van der Waals surface area contributed by atoms with E-state index in [9.17, 15) is 29.7 Å². The fraction of sp³-hybridized carbons (Fsp3) is 0.639. The van der Waals surface area contributed by atoms with E-state index in [4.69, 9.17) is 14.2 Å². The number of para-hydroxylation sites is 1. The fourth-order valence-corrected chi connectivity index (χ4v) is 8.86. The lowest BCUT2D eigenvalue weighted by molar-refractivity contribution is -0.314. The Morgan fingerprint density at radius 2 is 1.69 bits per heavy atom. The second-order valence-corrected chi connectivity index (χ2v) is 14.5. The average Bonchev–Trinajstić information content (AvgIpc) is 3.22. The number of allylic oxidation sites excluding steroid dienone is 1. The zero-order valence-corrected chi connectivity index (χ0v) is 27.3. The van der Waals surface area contributed by atoms with Crippen LogP contribution in [0, 0.1) is 22.7 Å². The molecule has 0 heterocycles. The van der Waals surface area contributed by atoms with Gasteiger partial charge in [-0.3, -0.25) is 4.79 Å². The highest BCUT2D eigenvalue weighted by Gasteiger charge is 2.81. The van der Waals surface area contributed by atoms with E-state index in [0.29, 0.717) is 25.0 Å². The average molecular weight is 625 g/mol. The molecule has 4 aliphatic rings. The van der Waals surface area contributed by atoms with E-state index < -0.39 is 57.4 Å². The first-order valence-corrected chi connectivity index (χ1v) is 16.2. The van der Waals surface area contributed by atoms with Crippen LogP contribution in [-0.4, -0.2) is 68.7 Å². The Morgan fingerprint density at radius 3 is 2.33 bits per heavy atom. The van der Waals surface area contributed by atoms with Crippen LogP contribution in [0.2, 0.25) is 0 Å². The van der Waals surface area contributed by atoms with Gasteiger partial charge >= 0.3 is 11.9 Å². The zero-order chi connectivity index (χ0) is 33.0. The van der Waals surface area contributed by atoms with Gasteiger partial charge in [0, 0.05) is 18.4 Å². The third-order valence-corrected chi connectivity index (χ3v) is 12.0. The number of esters is 2. The van der Waals surface area contributed by atoms with E-state index in [2.05, 4.69) is 0 Å². The van der Waals surface area contributed by atoms with Crippen LogP contribution >= 0.6 is 0 Å². The molecule has 45 heavy (non-hydrogen) atoms. The molecule has 0 bridgehead atoms. The highest BCUT2D eigenvalue weighted by Crippen LogP contribution is 2.71. The molecular weight excluding hydrogens is 576 g/mol.